The number of piperazine rings is 1. The number of methoxy groups -OCH3 is 1. The van der Waals surface area contributed by atoms with Gasteiger partial charge in [-0.3, -0.25) is 19.1 Å². The molecule has 9 nitrogen and oxygen atoms in total. The summed E-state index contributed by atoms with van der Waals surface area (Å²) in [6.07, 6.45) is 5.15. The lowest BCUT2D eigenvalue weighted by molar-refractivity contribution is -0.152. The van der Waals surface area contributed by atoms with E-state index in [0.717, 1.165) is 31.4 Å². The number of aromatic nitrogens is 2. The molecular weight excluding hydrogens is 386 g/mol. The molecule has 2 saturated heterocycles. The molecule has 1 aromatic heterocycles. The zero-order valence-electron chi connectivity index (χ0n) is 18.0. The van der Waals surface area contributed by atoms with Gasteiger partial charge in [-0.05, 0) is 39.5 Å². The van der Waals surface area contributed by atoms with Gasteiger partial charge in [0.05, 0.1) is 23.8 Å². The molecule has 3 fully saturated rings. The molecule has 30 heavy (non-hydrogen) atoms. The Balaban J connectivity index is 1.31. The second-order valence-corrected chi connectivity index (χ2v) is 8.59. The largest absolute Gasteiger partial charge is 0.372 e. The number of nitrogens with zero attached hydrogens (tertiary/aromatic N) is 5. The monoisotopic (exact) mass is 417 g/mol. The second kappa shape index (κ2) is 8.37. The average molecular weight is 418 g/mol. The van der Waals surface area contributed by atoms with Crippen molar-refractivity contribution in [2.24, 2.45) is 0 Å². The predicted molar refractivity (Wildman–Crippen MR) is 109 cm³/mol. The van der Waals surface area contributed by atoms with E-state index in [0.29, 0.717) is 37.8 Å². The Morgan fingerprint density at radius 3 is 2.37 bits per heavy atom. The molecule has 3 heterocycles. The van der Waals surface area contributed by atoms with Gasteiger partial charge in [0.1, 0.15) is 6.10 Å². The predicted octanol–water partition coefficient (Wildman–Crippen LogP) is 0.837. The third-order valence-corrected chi connectivity index (χ3v) is 6.53. The number of ether oxygens (including phenoxy) is 1. The van der Waals surface area contributed by atoms with Gasteiger partial charge in [0, 0.05) is 45.5 Å². The molecule has 3 amide bonds. The number of rotatable bonds is 5. The van der Waals surface area contributed by atoms with Crippen LogP contribution in [0.4, 0.5) is 0 Å². The van der Waals surface area contributed by atoms with Crippen molar-refractivity contribution in [1.29, 1.82) is 0 Å². The maximum absolute atomic E-state index is 13.0. The highest BCUT2D eigenvalue weighted by atomic mass is 16.5. The van der Waals surface area contributed by atoms with Gasteiger partial charge in [-0.15, -0.1) is 0 Å². The third-order valence-electron chi connectivity index (χ3n) is 6.53. The lowest BCUT2D eigenvalue weighted by atomic mass is 10.0. The van der Waals surface area contributed by atoms with Crippen LogP contribution in [0.5, 0.6) is 0 Å². The van der Waals surface area contributed by atoms with Crippen molar-refractivity contribution in [3.63, 3.8) is 0 Å². The molecule has 0 N–H and O–H groups in total. The molecule has 3 aliphatic rings. The van der Waals surface area contributed by atoms with E-state index in [9.17, 15) is 14.4 Å². The summed E-state index contributed by atoms with van der Waals surface area (Å²) >= 11 is 0. The van der Waals surface area contributed by atoms with Crippen molar-refractivity contribution in [3.8, 4) is 0 Å². The van der Waals surface area contributed by atoms with Crippen LogP contribution in [0.2, 0.25) is 0 Å². The molecule has 164 valence electrons. The Kier molecular flexibility index (Phi) is 5.81. The Hall–Kier alpha value is -2.42. The lowest BCUT2D eigenvalue weighted by Crippen LogP contribution is -2.58. The highest BCUT2D eigenvalue weighted by Gasteiger charge is 2.36. The van der Waals surface area contributed by atoms with Crippen LogP contribution in [-0.4, -0.2) is 94.2 Å². The standard InChI is InChI=1S/C21H31N5O4/c1-14-18(12-26(22-14)17-4-5-17)21(29)23-8-6-16(7-9-23)25-11-10-24(13-19(25)27)20(28)15(2)30-3/h12,15-17H,4-11,13H2,1-3H3/t15-/m0/s1. The normalized spacial score (nSPS) is 21.8. The Morgan fingerprint density at radius 2 is 1.77 bits per heavy atom. The van der Waals surface area contributed by atoms with E-state index in [1.54, 1.807) is 11.8 Å². The number of hydrogen-bond acceptors (Lipinski definition) is 5. The molecule has 9 heteroatoms. The molecule has 0 bridgehead atoms. The smallest absolute Gasteiger partial charge is 0.257 e. The number of carbonyl (C=O) groups is 3. The van der Waals surface area contributed by atoms with Crippen molar-refractivity contribution >= 4 is 17.7 Å². The van der Waals surface area contributed by atoms with Gasteiger partial charge in [0.15, 0.2) is 0 Å². The molecular formula is C21H31N5O4. The maximum Gasteiger partial charge on any atom is 0.257 e. The summed E-state index contributed by atoms with van der Waals surface area (Å²) in [6, 6.07) is 0.577. The first-order valence-electron chi connectivity index (χ1n) is 10.8. The van der Waals surface area contributed by atoms with Crippen LogP contribution in [0.15, 0.2) is 6.20 Å². The summed E-state index contributed by atoms with van der Waals surface area (Å²) in [5.74, 6) is -0.134. The summed E-state index contributed by atoms with van der Waals surface area (Å²) in [7, 11) is 1.49. The molecule has 1 aliphatic carbocycles. The number of hydrogen-bond donors (Lipinski definition) is 0. The third kappa shape index (κ3) is 4.08. The van der Waals surface area contributed by atoms with Crippen molar-refractivity contribution < 1.29 is 19.1 Å². The minimum Gasteiger partial charge on any atom is -0.372 e. The number of amides is 3. The fraction of sp³-hybridized carbons (Fsp3) is 0.714. The Bertz CT molecular complexity index is 825. The van der Waals surface area contributed by atoms with E-state index in [1.165, 1.54) is 7.11 Å². The minimum atomic E-state index is -0.536. The summed E-state index contributed by atoms with van der Waals surface area (Å²) in [5, 5.41) is 4.50. The van der Waals surface area contributed by atoms with Gasteiger partial charge >= 0.3 is 0 Å². The summed E-state index contributed by atoms with van der Waals surface area (Å²) < 4.78 is 7.01. The SMILES string of the molecule is CO[C@@H](C)C(=O)N1CCN(C2CCN(C(=O)c3cn(C4CC4)nc3C)CC2)C(=O)C1. The van der Waals surface area contributed by atoms with Crippen LogP contribution in [0.25, 0.3) is 0 Å². The average Bonchev–Trinajstić information content (AvgIpc) is 3.54. The van der Waals surface area contributed by atoms with Crippen molar-refractivity contribution in [2.45, 2.75) is 57.7 Å². The van der Waals surface area contributed by atoms with Crippen LogP contribution in [-0.2, 0) is 14.3 Å². The molecule has 2 aliphatic heterocycles. The summed E-state index contributed by atoms with van der Waals surface area (Å²) in [5.41, 5.74) is 1.48. The Morgan fingerprint density at radius 1 is 1.07 bits per heavy atom. The molecule has 0 aromatic carbocycles. The molecule has 0 radical (unpaired) electrons. The number of piperidine rings is 1. The number of likely N-dealkylation sites (tertiary alicyclic amines) is 1. The number of aryl methyl sites for hydroxylation is 1. The first-order chi connectivity index (χ1) is 14.4. The van der Waals surface area contributed by atoms with Crippen molar-refractivity contribution in [1.82, 2.24) is 24.5 Å². The molecule has 0 spiro atoms. The van der Waals surface area contributed by atoms with E-state index in [2.05, 4.69) is 5.10 Å². The first kappa shape index (κ1) is 20.8. The van der Waals surface area contributed by atoms with E-state index in [-0.39, 0.29) is 30.3 Å². The van der Waals surface area contributed by atoms with Gasteiger partial charge in [-0.25, -0.2) is 0 Å². The van der Waals surface area contributed by atoms with E-state index < -0.39 is 6.10 Å². The van der Waals surface area contributed by atoms with Crippen LogP contribution in [0, 0.1) is 6.92 Å². The van der Waals surface area contributed by atoms with Gasteiger partial charge in [0.25, 0.3) is 11.8 Å². The molecule has 0 unspecified atom stereocenters. The highest BCUT2D eigenvalue weighted by Crippen LogP contribution is 2.34. The van der Waals surface area contributed by atoms with Gasteiger partial charge in [-0.1, -0.05) is 0 Å². The lowest BCUT2D eigenvalue weighted by Gasteiger charge is -2.42. The maximum atomic E-state index is 13.0. The molecule has 1 saturated carbocycles. The zero-order valence-corrected chi connectivity index (χ0v) is 18.0. The van der Waals surface area contributed by atoms with Gasteiger partial charge in [-0.2, -0.15) is 5.10 Å². The fourth-order valence-electron chi connectivity index (χ4n) is 4.39. The quantitative estimate of drug-likeness (QED) is 0.708. The summed E-state index contributed by atoms with van der Waals surface area (Å²) in [4.78, 5) is 43.2. The minimum absolute atomic E-state index is 0.0239. The van der Waals surface area contributed by atoms with Crippen LogP contribution < -0.4 is 0 Å². The zero-order chi connectivity index (χ0) is 21.4. The highest BCUT2D eigenvalue weighted by molar-refractivity contribution is 5.95. The second-order valence-electron chi connectivity index (χ2n) is 8.59. The summed E-state index contributed by atoms with van der Waals surface area (Å²) in [6.45, 7) is 6.01. The van der Waals surface area contributed by atoms with Gasteiger partial charge < -0.3 is 19.4 Å². The van der Waals surface area contributed by atoms with Crippen molar-refractivity contribution in [2.75, 3.05) is 39.8 Å². The van der Waals surface area contributed by atoms with E-state index >= 15 is 0 Å². The molecule has 4 rings (SSSR count). The number of carbonyl (C=O) groups excluding carboxylic acids is 3. The topological polar surface area (TPSA) is 88.0 Å². The van der Waals surface area contributed by atoms with Gasteiger partial charge in [0.2, 0.25) is 5.91 Å². The molecule has 1 atom stereocenters. The Labute approximate surface area is 176 Å². The van der Waals surface area contributed by atoms with Crippen molar-refractivity contribution in [3.05, 3.63) is 17.5 Å². The van der Waals surface area contributed by atoms with Crippen LogP contribution in [0.1, 0.15) is 54.7 Å². The fourth-order valence-corrected chi connectivity index (χ4v) is 4.39. The van der Waals surface area contributed by atoms with E-state index in [1.807, 2.05) is 27.6 Å². The van der Waals surface area contributed by atoms with Crippen LogP contribution in [0.3, 0.4) is 0 Å². The molecule has 1 aromatic rings. The first-order valence-corrected chi connectivity index (χ1v) is 10.8. The van der Waals surface area contributed by atoms with Crippen LogP contribution >= 0.6 is 0 Å². The van der Waals surface area contributed by atoms with E-state index in [4.69, 9.17) is 4.74 Å².